The summed E-state index contributed by atoms with van der Waals surface area (Å²) in [6.45, 7) is 0.505. The van der Waals surface area contributed by atoms with E-state index in [2.05, 4.69) is 15.5 Å². The molecule has 1 aromatic heterocycles. The molecule has 0 aliphatic heterocycles. The number of halogens is 1. The first kappa shape index (κ1) is 15.2. The third kappa shape index (κ3) is 3.37. The van der Waals surface area contributed by atoms with Crippen LogP contribution in [0.25, 0.3) is 5.69 Å². The molecule has 0 aliphatic carbocycles. The summed E-state index contributed by atoms with van der Waals surface area (Å²) in [4.78, 5) is 14.3. The summed E-state index contributed by atoms with van der Waals surface area (Å²) in [7, 11) is 1.75. The molecular weight excluding hydrogens is 314 g/mol. The van der Waals surface area contributed by atoms with Gasteiger partial charge in [0.2, 0.25) is 0 Å². The lowest BCUT2D eigenvalue weighted by Crippen LogP contribution is -2.26. The molecule has 1 amide bonds. The zero-order valence-electron chi connectivity index (χ0n) is 12.4. The molecule has 6 nitrogen and oxygen atoms in total. The zero-order valence-corrected chi connectivity index (χ0v) is 13.2. The number of benzene rings is 2. The Morgan fingerprint density at radius 2 is 2.00 bits per heavy atom. The number of aromatic nitrogens is 4. The molecule has 2 aromatic carbocycles. The average Bonchev–Trinajstić information content (AvgIpc) is 3.10. The molecule has 116 valence electrons. The second kappa shape index (κ2) is 6.58. The van der Waals surface area contributed by atoms with E-state index in [1.54, 1.807) is 30.1 Å². The molecule has 7 heteroatoms. The highest BCUT2D eigenvalue weighted by Crippen LogP contribution is 2.21. The van der Waals surface area contributed by atoms with Crippen molar-refractivity contribution < 1.29 is 4.79 Å². The highest BCUT2D eigenvalue weighted by molar-refractivity contribution is 6.33. The fourth-order valence-electron chi connectivity index (χ4n) is 2.23. The predicted molar refractivity (Wildman–Crippen MR) is 86.4 cm³/mol. The SMILES string of the molecule is CN(Cc1ccccc1)C(=O)c1cc(-n2cnnn2)ccc1Cl. The standard InChI is InChI=1S/C16H14ClN5O/c1-21(10-12-5-3-2-4-6-12)16(23)14-9-13(7-8-15(14)17)22-11-18-19-20-22/h2-9,11H,10H2,1H3. The van der Waals surface area contributed by atoms with E-state index in [1.807, 2.05) is 30.3 Å². The van der Waals surface area contributed by atoms with E-state index in [9.17, 15) is 4.79 Å². The van der Waals surface area contributed by atoms with Gasteiger partial charge in [0, 0.05) is 13.6 Å². The van der Waals surface area contributed by atoms with Crippen LogP contribution in [0.4, 0.5) is 0 Å². The first-order valence-corrected chi connectivity index (χ1v) is 7.35. The van der Waals surface area contributed by atoms with Crippen LogP contribution in [-0.2, 0) is 6.54 Å². The first-order valence-electron chi connectivity index (χ1n) is 6.97. The summed E-state index contributed by atoms with van der Waals surface area (Å²) in [5.41, 5.74) is 2.14. The molecule has 0 unspecified atom stereocenters. The molecule has 0 saturated heterocycles. The Hall–Kier alpha value is -2.73. The molecule has 0 spiro atoms. The molecule has 23 heavy (non-hydrogen) atoms. The second-order valence-electron chi connectivity index (χ2n) is 5.07. The summed E-state index contributed by atoms with van der Waals surface area (Å²) in [5, 5.41) is 11.4. The van der Waals surface area contributed by atoms with Gasteiger partial charge in [-0.2, -0.15) is 0 Å². The summed E-state index contributed by atoms with van der Waals surface area (Å²) >= 11 is 6.19. The molecule has 0 fully saturated rings. The molecule has 3 aromatic rings. The van der Waals surface area contributed by atoms with E-state index in [0.29, 0.717) is 22.8 Å². The number of rotatable bonds is 4. The molecule has 0 aliphatic rings. The van der Waals surface area contributed by atoms with Gasteiger partial charge in [-0.25, -0.2) is 4.68 Å². The van der Waals surface area contributed by atoms with Crippen molar-refractivity contribution in [1.29, 1.82) is 0 Å². The van der Waals surface area contributed by atoms with Crippen LogP contribution in [0.5, 0.6) is 0 Å². The molecular formula is C16H14ClN5O. The quantitative estimate of drug-likeness (QED) is 0.739. The molecule has 0 atom stereocenters. The predicted octanol–water partition coefficient (Wildman–Crippen LogP) is 2.59. The van der Waals surface area contributed by atoms with Crippen LogP contribution in [-0.4, -0.2) is 38.1 Å². The van der Waals surface area contributed by atoms with Crippen molar-refractivity contribution in [2.45, 2.75) is 6.54 Å². The first-order chi connectivity index (χ1) is 11.1. The highest BCUT2D eigenvalue weighted by atomic mass is 35.5. The topological polar surface area (TPSA) is 63.9 Å². The van der Waals surface area contributed by atoms with Gasteiger partial charge >= 0.3 is 0 Å². The van der Waals surface area contributed by atoms with E-state index in [-0.39, 0.29) is 5.91 Å². The van der Waals surface area contributed by atoms with Crippen LogP contribution in [0.2, 0.25) is 5.02 Å². The van der Waals surface area contributed by atoms with Crippen LogP contribution in [0, 0.1) is 0 Å². The zero-order chi connectivity index (χ0) is 16.2. The molecule has 0 saturated carbocycles. The largest absolute Gasteiger partial charge is 0.337 e. The maximum atomic E-state index is 12.7. The number of carbonyl (C=O) groups is 1. The summed E-state index contributed by atoms with van der Waals surface area (Å²) < 4.78 is 1.48. The molecule has 1 heterocycles. The molecule has 3 rings (SSSR count). The fraction of sp³-hybridized carbons (Fsp3) is 0.125. The van der Waals surface area contributed by atoms with Crippen molar-refractivity contribution in [2.75, 3.05) is 7.05 Å². The Morgan fingerprint density at radius 3 is 2.70 bits per heavy atom. The summed E-state index contributed by atoms with van der Waals surface area (Å²) in [6.07, 6.45) is 1.46. The smallest absolute Gasteiger partial charge is 0.255 e. The van der Waals surface area contributed by atoms with Crippen molar-refractivity contribution in [2.24, 2.45) is 0 Å². The number of hydrogen-bond donors (Lipinski definition) is 0. The Kier molecular flexibility index (Phi) is 4.34. The molecule has 0 bridgehead atoms. The number of nitrogens with zero attached hydrogens (tertiary/aromatic N) is 5. The van der Waals surface area contributed by atoms with E-state index in [4.69, 9.17) is 11.6 Å². The number of amides is 1. The van der Waals surface area contributed by atoms with Gasteiger partial charge in [0.05, 0.1) is 16.3 Å². The second-order valence-corrected chi connectivity index (χ2v) is 5.47. The van der Waals surface area contributed by atoms with Gasteiger partial charge in [-0.15, -0.1) is 5.10 Å². The van der Waals surface area contributed by atoms with Crippen molar-refractivity contribution in [1.82, 2.24) is 25.1 Å². The van der Waals surface area contributed by atoms with E-state index in [1.165, 1.54) is 11.0 Å². The van der Waals surface area contributed by atoms with E-state index < -0.39 is 0 Å². The lowest BCUT2D eigenvalue weighted by Gasteiger charge is -2.18. The minimum absolute atomic E-state index is 0.159. The van der Waals surface area contributed by atoms with Gasteiger partial charge in [-0.05, 0) is 34.2 Å². The molecule has 0 N–H and O–H groups in total. The van der Waals surface area contributed by atoms with Gasteiger partial charge in [0.15, 0.2) is 0 Å². The van der Waals surface area contributed by atoms with Crippen LogP contribution in [0.3, 0.4) is 0 Å². The van der Waals surface area contributed by atoms with Crippen LogP contribution in [0.15, 0.2) is 54.9 Å². The third-order valence-corrected chi connectivity index (χ3v) is 3.73. The van der Waals surface area contributed by atoms with E-state index in [0.717, 1.165) is 5.56 Å². The Balaban J connectivity index is 1.85. The van der Waals surface area contributed by atoms with Crippen molar-refractivity contribution in [3.05, 3.63) is 71.0 Å². The van der Waals surface area contributed by atoms with E-state index >= 15 is 0 Å². The lowest BCUT2D eigenvalue weighted by molar-refractivity contribution is 0.0785. The maximum Gasteiger partial charge on any atom is 0.255 e. The lowest BCUT2D eigenvalue weighted by atomic mass is 10.1. The summed E-state index contributed by atoms with van der Waals surface area (Å²) in [6, 6.07) is 14.9. The Bertz CT molecular complexity index is 805. The number of tetrazole rings is 1. The van der Waals surface area contributed by atoms with Crippen LogP contribution >= 0.6 is 11.6 Å². The van der Waals surface area contributed by atoms with Gasteiger partial charge in [0.25, 0.3) is 5.91 Å². The number of carbonyl (C=O) groups excluding carboxylic acids is 1. The van der Waals surface area contributed by atoms with Gasteiger partial charge < -0.3 is 4.90 Å². The monoisotopic (exact) mass is 327 g/mol. The van der Waals surface area contributed by atoms with Crippen molar-refractivity contribution in [3.63, 3.8) is 0 Å². The van der Waals surface area contributed by atoms with Crippen molar-refractivity contribution in [3.8, 4) is 5.69 Å². The summed E-state index contributed by atoms with van der Waals surface area (Å²) in [5.74, 6) is -0.159. The highest BCUT2D eigenvalue weighted by Gasteiger charge is 2.16. The third-order valence-electron chi connectivity index (χ3n) is 3.40. The minimum Gasteiger partial charge on any atom is -0.337 e. The minimum atomic E-state index is -0.159. The van der Waals surface area contributed by atoms with Gasteiger partial charge in [0.1, 0.15) is 6.33 Å². The maximum absolute atomic E-state index is 12.7. The Morgan fingerprint density at radius 1 is 1.22 bits per heavy atom. The fourth-order valence-corrected chi connectivity index (χ4v) is 2.43. The van der Waals surface area contributed by atoms with Crippen LogP contribution in [0.1, 0.15) is 15.9 Å². The van der Waals surface area contributed by atoms with Gasteiger partial charge in [-0.1, -0.05) is 41.9 Å². The number of hydrogen-bond acceptors (Lipinski definition) is 4. The average molecular weight is 328 g/mol. The van der Waals surface area contributed by atoms with Crippen LogP contribution < -0.4 is 0 Å². The Labute approximate surface area is 138 Å². The molecule has 0 radical (unpaired) electrons. The van der Waals surface area contributed by atoms with Crippen molar-refractivity contribution >= 4 is 17.5 Å². The normalized spacial score (nSPS) is 10.5. The van der Waals surface area contributed by atoms with Gasteiger partial charge in [-0.3, -0.25) is 4.79 Å².